The van der Waals surface area contributed by atoms with Gasteiger partial charge in [0.25, 0.3) is 11.2 Å². The number of rotatable bonds is 5. The SMILES string of the molecule is CCOC(=O)C1=C(C)N=c2sc(=Cc3ccccc3[N+](=O)[O-])c(=O)n2C1c1ccccc1. The smallest absolute Gasteiger partial charge is 0.338 e. The number of allylic oxidation sites excluding steroid dienone is 1. The molecule has 1 atom stereocenters. The van der Waals surface area contributed by atoms with E-state index in [1.165, 1.54) is 16.7 Å². The van der Waals surface area contributed by atoms with Crippen molar-refractivity contribution in [3.05, 3.63) is 107 Å². The third-order valence-electron chi connectivity index (χ3n) is 5.05. The molecule has 0 spiro atoms. The lowest BCUT2D eigenvalue weighted by atomic mass is 9.96. The molecule has 1 unspecified atom stereocenters. The van der Waals surface area contributed by atoms with E-state index in [0.717, 1.165) is 16.9 Å². The van der Waals surface area contributed by atoms with E-state index in [4.69, 9.17) is 4.74 Å². The highest BCUT2D eigenvalue weighted by Crippen LogP contribution is 2.30. The number of esters is 1. The van der Waals surface area contributed by atoms with E-state index in [2.05, 4.69) is 4.99 Å². The summed E-state index contributed by atoms with van der Waals surface area (Å²) in [5, 5.41) is 11.4. The molecule has 9 heteroatoms. The summed E-state index contributed by atoms with van der Waals surface area (Å²) in [4.78, 5) is 42.1. The first-order valence-corrected chi connectivity index (χ1v) is 10.7. The molecule has 8 nitrogen and oxygen atoms in total. The van der Waals surface area contributed by atoms with Crippen molar-refractivity contribution in [2.75, 3.05) is 6.61 Å². The Morgan fingerprint density at radius 2 is 1.91 bits per heavy atom. The molecule has 162 valence electrons. The maximum absolute atomic E-state index is 13.5. The number of nitro groups is 1. The van der Waals surface area contributed by atoms with Gasteiger partial charge in [-0.3, -0.25) is 19.5 Å². The van der Waals surface area contributed by atoms with Gasteiger partial charge in [0, 0.05) is 6.07 Å². The second-order valence-corrected chi connectivity index (χ2v) is 8.04. The number of para-hydroxylation sites is 1. The summed E-state index contributed by atoms with van der Waals surface area (Å²) in [6.45, 7) is 3.62. The first-order chi connectivity index (χ1) is 15.4. The van der Waals surface area contributed by atoms with Gasteiger partial charge in [-0.2, -0.15) is 0 Å². The summed E-state index contributed by atoms with van der Waals surface area (Å²) in [6, 6.07) is 14.7. The lowest BCUT2D eigenvalue weighted by Crippen LogP contribution is -2.39. The second-order valence-electron chi connectivity index (χ2n) is 7.03. The van der Waals surface area contributed by atoms with Gasteiger partial charge in [0.15, 0.2) is 4.80 Å². The number of hydrogen-bond acceptors (Lipinski definition) is 7. The van der Waals surface area contributed by atoms with Gasteiger partial charge in [0.05, 0.1) is 38.9 Å². The first kappa shape index (κ1) is 21.4. The van der Waals surface area contributed by atoms with E-state index in [-0.39, 0.29) is 22.4 Å². The molecule has 32 heavy (non-hydrogen) atoms. The van der Waals surface area contributed by atoms with Gasteiger partial charge in [-0.15, -0.1) is 0 Å². The number of fused-ring (bicyclic) bond motifs is 1. The van der Waals surface area contributed by atoms with E-state index in [1.54, 1.807) is 32.0 Å². The van der Waals surface area contributed by atoms with Crippen molar-refractivity contribution in [2.45, 2.75) is 19.9 Å². The molecule has 0 aliphatic carbocycles. The zero-order valence-electron chi connectivity index (χ0n) is 17.3. The number of aromatic nitrogens is 1. The minimum absolute atomic E-state index is 0.0960. The van der Waals surface area contributed by atoms with Crippen LogP contribution in [0, 0.1) is 10.1 Å². The van der Waals surface area contributed by atoms with E-state index < -0.39 is 16.9 Å². The van der Waals surface area contributed by atoms with E-state index >= 15 is 0 Å². The Hall–Kier alpha value is -3.85. The van der Waals surface area contributed by atoms with Crippen LogP contribution < -0.4 is 14.9 Å². The monoisotopic (exact) mass is 449 g/mol. The predicted octanol–water partition coefficient (Wildman–Crippen LogP) is 2.71. The molecule has 0 bridgehead atoms. The van der Waals surface area contributed by atoms with Crippen LogP contribution in [-0.2, 0) is 9.53 Å². The van der Waals surface area contributed by atoms with E-state index in [9.17, 15) is 19.7 Å². The Kier molecular flexibility index (Phi) is 5.83. The molecular weight excluding hydrogens is 430 g/mol. The Morgan fingerprint density at radius 1 is 1.22 bits per heavy atom. The third-order valence-corrected chi connectivity index (χ3v) is 6.04. The van der Waals surface area contributed by atoms with E-state index in [1.807, 2.05) is 30.3 Å². The van der Waals surface area contributed by atoms with Crippen molar-refractivity contribution < 1.29 is 14.5 Å². The van der Waals surface area contributed by atoms with E-state index in [0.29, 0.717) is 21.6 Å². The normalized spacial score (nSPS) is 15.8. The summed E-state index contributed by atoms with van der Waals surface area (Å²) >= 11 is 1.13. The van der Waals surface area contributed by atoms with Crippen LogP contribution >= 0.6 is 11.3 Å². The number of benzene rings is 2. The molecule has 0 saturated carbocycles. The highest BCUT2D eigenvalue weighted by molar-refractivity contribution is 7.07. The summed E-state index contributed by atoms with van der Waals surface area (Å²) in [7, 11) is 0. The topological polar surface area (TPSA) is 104 Å². The molecule has 1 aliphatic rings. The van der Waals surface area contributed by atoms with Crippen LogP contribution in [0.5, 0.6) is 0 Å². The predicted molar refractivity (Wildman–Crippen MR) is 120 cm³/mol. The van der Waals surface area contributed by atoms with Gasteiger partial charge in [-0.05, 0) is 31.6 Å². The second kappa shape index (κ2) is 8.72. The van der Waals surface area contributed by atoms with Crippen molar-refractivity contribution in [1.82, 2.24) is 4.57 Å². The molecule has 2 heterocycles. The Labute approximate surface area is 186 Å². The average Bonchev–Trinajstić information content (AvgIpc) is 3.08. The van der Waals surface area contributed by atoms with Crippen molar-refractivity contribution in [3.63, 3.8) is 0 Å². The molecule has 2 aromatic carbocycles. The lowest BCUT2D eigenvalue weighted by molar-refractivity contribution is -0.385. The molecule has 0 N–H and O–H groups in total. The molecular formula is C23H19N3O5S. The van der Waals surface area contributed by atoms with Gasteiger partial charge >= 0.3 is 5.97 Å². The van der Waals surface area contributed by atoms with Crippen LogP contribution in [0.15, 0.2) is 75.7 Å². The summed E-state index contributed by atoms with van der Waals surface area (Å²) in [6.07, 6.45) is 1.49. The Morgan fingerprint density at radius 3 is 2.59 bits per heavy atom. The van der Waals surface area contributed by atoms with Crippen molar-refractivity contribution in [1.29, 1.82) is 0 Å². The van der Waals surface area contributed by atoms with Crippen LogP contribution in [0.1, 0.15) is 31.0 Å². The van der Waals surface area contributed by atoms with Crippen LogP contribution in [0.4, 0.5) is 5.69 Å². The largest absolute Gasteiger partial charge is 0.463 e. The number of carbonyl (C=O) groups is 1. The molecule has 0 amide bonds. The number of thiazole rings is 1. The number of nitrogens with zero attached hydrogens (tertiary/aromatic N) is 3. The molecule has 1 aliphatic heterocycles. The fraction of sp³-hybridized carbons (Fsp3) is 0.174. The highest BCUT2D eigenvalue weighted by atomic mass is 32.1. The van der Waals surface area contributed by atoms with Gasteiger partial charge in [0.1, 0.15) is 0 Å². The van der Waals surface area contributed by atoms with Gasteiger partial charge in [-0.25, -0.2) is 9.79 Å². The van der Waals surface area contributed by atoms with Gasteiger partial charge in [0.2, 0.25) is 0 Å². The number of nitro benzene ring substituents is 1. The average molecular weight is 449 g/mol. The summed E-state index contributed by atoms with van der Waals surface area (Å²) < 4.78 is 7.00. The summed E-state index contributed by atoms with van der Waals surface area (Å²) in [5.41, 5.74) is 1.35. The molecule has 3 aromatic rings. The Balaban J connectivity index is 1.97. The minimum Gasteiger partial charge on any atom is -0.463 e. The van der Waals surface area contributed by atoms with Crippen LogP contribution in [-0.4, -0.2) is 22.1 Å². The highest BCUT2D eigenvalue weighted by Gasteiger charge is 2.33. The van der Waals surface area contributed by atoms with Crippen LogP contribution in [0.2, 0.25) is 0 Å². The molecule has 0 saturated heterocycles. The maximum Gasteiger partial charge on any atom is 0.338 e. The standard InChI is InChI=1S/C23H19N3O5S/c1-3-31-22(28)19-14(2)24-23-25(20(19)15-9-5-4-6-10-15)21(27)18(32-23)13-16-11-7-8-12-17(16)26(29)30/h4-13,20H,3H2,1-2H3. The zero-order valence-corrected chi connectivity index (χ0v) is 18.2. The maximum atomic E-state index is 13.5. The minimum atomic E-state index is -0.709. The van der Waals surface area contributed by atoms with Crippen LogP contribution in [0.25, 0.3) is 6.08 Å². The molecule has 1 aromatic heterocycles. The number of carbonyl (C=O) groups excluding carboxylic acids is 1. The Bertz CT molecular complexity index is 1420. The van der Waals surface area contributed by atoms with Crippen molar-refractivity contribution >= 4 is 29.1 Å². The van der Waals surface area contributed by atoms with Gasteiger partial charge < -0.3 is 4.74 Å². The fourth-order valence-corrected chi connectivity index (χ4v) is 4.70. The van der Waals surface area contributed by atoms with Gasteiger partial charge in [-0.1, -0.05) is 53.8 Å². The molecule has 0 radical (unpaired) electrons. The van der Waals surface area contributed by atoms with Crippen LogP contribution in [0.3, 0.4) is 0 Å². The fourth-order valence-electron chi connectivity index (χ4n) is 3.66. The molecule has 4 rings (SSSR count). The first-order valence-electron chi connectivity index (χ1n) is 9.90. The lowest BCUT2D eigenvalue weighted by Gasteiger charge is -2.24. The number of hydrogen-bond donors (Lipinski definition) is 0. The third kappa shape index (κ3) is 3.78. The van der Waals surface area contributed by atoms with Crippen molar-refractivity contribution in [2.24, 2.45) is 4.99 Å². The number of ether oxygens (including phenoxy) is 1. The molecule has 0 fully saturated rings. The summed E-state index contributed by atoms with van der Waals surface area (Å²) in [5.74, 6) is -0.532. The quantitative estimate of drug-likeness (QED) is 0.338. The zero-order chi connectivity index (χ0) is 22.8. The van der Waals surface area contributed by atoms with Crippen molar-refractivity contribution in [3.8, 4) is 0 Å².